The molecule has 0 aliphatic heterocycles. The Kier molecular flexibility index (Phi) is 3.99. The highest BCUT2D eigenvalue weighted by molar-refractivity contribution is 6.05. The SMILES string of the molecule is CC(CCCO)NC(=O)c1coc2ccccc12. The summed E-state index contributed by atoms with van der Waals surface area (Å²) in [7, 11) is 0. The first kappa shape index (κ1) is 12.6. The van der Waals surface area contributed by atoms with Crippen LogP contribution in [0.5, 0.6) is 0 Å². The summed E-state index contributed by atoms with van der Waals surface area (Å²) in [5, 5.41) is 12.5. The largest absolute Gasteiger partial charge is 0.463 e. The van der Waals surface area contributed by atoms with E-state index in [1.807, 2.05) is 31.2 Å². The van der Waals surface area contributed by atoms with Crippen LogP contribution in [-0.4, -0.2) is 23.7 Å². The highest BCUT2D eigenvalue weighted by atomic mass is 16.3. The van der Waals surface area contributed by atoms with Gasteiger partial charge in [-0.1, -0.05) is 18.2 Å². The highest BCUT2D eigenvalue weighted by Gasteiger charge is 2.14. The van der Waals surface area contributed by atoms with Crippen molar-refractivity contribution in [3.05, 3.63) is 36.1 Å². The summed E-state index contributed by atoms with van der Waals surface area (Å²) in [4.78, 5) is 12.1. The van der Waals surface area contributed by atoms with E-state index in [1.165, 1.54) is 6.26 Å². The van der Waals surface area contributed by atoms with Gasteiger partial charge in [-0.15, -0.1) is 0 Å². The Hall–Kier alpha value is -1.81. The van der Waals surface area contributed by atoms with Crippen LogP contribution in [0.1, 0.15) is 30.1 Å². The Morgan fingerprint density at radius 2 is 2.22 bits per heavy atom. The quantitative estimate of drug-likeness (QED) is 0.852. The maximum absolute atomic E-state index is 12.1. The molecule has 1 aromatic heterocycles. The molecule has 1 aromatic carbocycles. The van der Waals surface area contributed by atoms with Crippen molar-refractivity contribution < 1.29 is 14.3 Å². The number of nitrogens with one attached hydrogen (secondary N) is 1. The van der Waals surface area contributed by atoms with Crippen LogP contribution in [0.25, 0.3) is 11.0 Å². The van der Waals surface area contributed by atoms with E-state index in [0.717, 1.165) is 11.8 Å². The van der Waals surface area contributed by atoms with Gasteiger partial charge in [-0.25, -0.2) is 0 Å². The van der Waals surface area contributed by atoms with Gasteiger partial charge in [0.25, 0.3) is 5.91 Å². The highest BCUT2D eigenvalue weighted by Crippen LogP contribution is 2.20. The number of aliphatic hydroxyl groups is 1. The van der Waals surface area contributed by atoms with E-state index in [1.54, 1.807) is 0 Å². The van der Waals surface area contributed by atoms with Crippen molar-refractivity contribution in [2.75, 3.05) is 6.61 Å². The van der Waals surface area contributed by atoms with E-state index in [4.69, 9.17) is 9.52 Å². The lowest BCUT2D eigenvalue weighted by molar-refractivity contribution is 0.0937. The second kappa shape index (κ2) is 5.69. The minimum absolute atomic E-state index is 0.0401. The van der Waals surface area contributed by atoms with Crippen LogP contribution in [0, 0.1) is 0 Å². The lowest BCUT2D eigenvalue weighted by Crippen LogP contribution is -2.32. The monoisotopic (exact) mass is 247 g/mol. The third-order valence-corrected chi connectivity index (χ3v) is 2.90. The first-order valence-corrected chi connectivity index (χ1v) is 6.10. The Labute approximate surface area is 106 Å². The molecular formula is C14H17NO3. The fourth-order valence-electron chi connectivity index (χ4n) is 1.92. The van der Waals surface area contributed by atoms with E-state index in [9.17, 15) is 4.79 Å². The van der Waals surface area contributed by atoms with Crippen LogP contribution in [-0.2, 0) is 0 Å². The van der Waals surface area contributed by atoms with Crippen molar-refractivity contribution in [2.45, 2.75) is 25.8 Å². The fraction of sp³-hybridized carbons (Fsp3) is 0.357. The van der Waals surface area contributed by atoms with E-state index in [0.29, 0.717) is 17.6 Å². The molecule has 18 heavy (non-hydrogen) atoms. The number of aliphatic hydroxyl groups excluding tert-OH is 1. The van der Waals surface area contributed by atoms with Gasteiger partial charge >= 0.3 is 0 Å². The summed E-state index contributed by atoms with van der Waals surface area (Å²) in [5.41, 5.74) is 1.27. The first-order chi connectivity index (χ1) is 8.72. The van der Waals surface area contributed by atoms with Crippen LogP contribution in [0.15, 0.2) is 34.9 Å². The number of para-hydroxylation sites is 1. The Morgan fingerprint density at radius 3 is 3.00 bits per heavy atom. The molecule has 0 fully saturated rings. The van der Waals surface area contributed by atoms with Gasteiger partial charge in [-0.2, -0.15) is 0 Å². The van der Waals surface area contributed by atoms with Crippen molar-refractivity contribution in [1.82, 2.24) is 5.32 Å². The molecule has 0 radical (unpaired) electrons. The summed E-state index contributed by atoms with van der Waals surface area (Å²) in [6, 6.07) is 7.49. The van der Waals surface area contributed by atoms with Gasteiger partial charge in [0.05, 0.1) is 5.56 Å². The van der Waals surface area contributed by atoms with E-state index >= 15 is 0 Å². The van der Waals surface area contributed by atoms with Crippen LogP contribution in [0.4, 0.5) is 0 Å². The zero-order chi connectivity index (χ0) is 13.0. The van der Waals surface area contributed by atoms with Crippen molar-refractivity contribution in [1.29, 1.82) is 0 Å². The van der Waals surface area contributed by atoms with Gasteiger partial charge in [0, 0.05) is 18.0 Å². The Balaban J connectivity index is 2.09. The lowest BCUT2D eigenvalue weighted by Gasteiger charge is -2.12. The molecule has 0 saturated heterocycles. The topological polar surface area (TPSA) is 62.5 Å². The predicted molar refractivity (Wildman–Crippen MR) is 69.5 cm³/mol. The molecule has 0 bridgehead atoms. The summed E-state index contributed by atoms with van der Waals surface area (Å²) < 4.78 is 5.33. The van der Waals surface area contributed by atoms with E-state index in [2.05, 4.69) is 5.32 Å². The smallest absolute Gasteiger partial charge is 0.255 e. The molecule has 0 aliphatic carbocycles. The van der Waals surface area contributed by atoms with Gasteiger partial charge in [0.2, 0.25) is 0 Å². The molecular weight excluding hydrogens is 230 g/mol. The average molecular weight is 247 g/mol. The number of furan rings is 1. The standard InChI is InChI=1S/C14H17NO3/c1-10(5-4-8-16)15-14(17)12-9-18-13-7-3-2-6-11(12)13/h2-3,6-7,9-10,16H,4-5,8H2,1H3,(H,15,17). The molecule has 96 valence electrons. The molecule has 1 amide bonds. The maximum Gasteiger partial charge on any atom is 0.255 e. The van der Waals surface area contributed by atoms with Crippen molar-refractivity contribution >= 4 is 16.9 Å². The molecule has 1 atom stereocenters. The number of hydrogen-bond donors (Lipinski definition) is 2. The lowest BCUT2D eigenvalue weighted by atomic mass is 10.1. The summed E-state index contributed by atoms with van der Waals surface area (Å²) in [6.07, 6.45) is 2.93. The summed E-state index contributed by atoms with van der Waals surface area (Å²) in [6.45, 7) is 2.07. The molecule has 2 aromatic rings. The van der Waals surface area contributed by atoms with Gasteiger partial charge in [0.1, 0.15) is 11.8 Å². The molecule has 0 aliphatic rings. The first-order valence-electron chi connectivity index (χ1n) is 6.10. The van der Waals surface area contributed by atoms with Crippen molar-refractivity contribution in [2.24, 2.45) is 0 Å². The molecule has 0 saturated carbocycles. The second-order valence-electron chi connectivity index (χ2n) is 4.39. The van der Waals surface area contributed by atoms with Crippen molar-refractivity contribution in [3.63, 3.8) is 0 Å². The van der Waals surface area contributed by atoms with Crippen molar-refractivity contribution in [3.8, 4) is 0 Å². The molecule has 1 heterocycles. The average Bonchev–Trinajstić information content (AvgIpc) is 2.80. The normalized spacial score (nSPS) is 12.6. The Bertz CT molecular complexity index is 533. The van der Waals surface area contributed by atoms with Crippen LogP contribution in [0.3, 0.4) is 0 Å². The van der Waals surface area contributed by atoms with Crippen LogP contribution >= 0.6 is 0 Å². The molecule has 4 nitrogen and oxygen atoms in total. The number of amides is 1. The van der Waals surface area contributed by atoms with E-state index in [-0.39, 0.29) is 18.6 Å². The minimum Gasteiger partial charge on any atom is -0.463 e. The van der Waals surface area contributed by atoms with Crippen LogP contribution < -0.4 is 5.32 Å². The van der Waals surface area contributed by atoms with Gasteiger partial charge in [0.15, 0.2) is 0 Å². The Morgan fingerprint density at radius 1 is 1.44 bits per heavy atom. The third-order valence-electron chi connectivity index (χ3n) is 2.90. The van der Waals surface area contributed by atoms with Gasteiger partial charge in [-0.3, -0.25) is 4.79 Å². The zero-order valence-corrected chi connectivity index (χ0v) is 10.3. The predicted octanol–water partition coefficient (Wildman–Crippen LogP) is 2.32. The number of rotatable bonds is 5. The molecule has 2 N–H and O–H groups in total. The molecule has 0 spiro atoms. The van der Waals surface area contributed by atoms with Gasteiger partial charge in [-0.05, 0) is 25.8 Å². The molecule has 4 heteroatoms. The maximum atomic E-state index is 12.1. The second-order valence-corrected chi connectivity index (χ2v) is 4.39. The number of benzene rings is 1. The number of carbonyl (C=O) groups excluding carboxylic acids is 1. The van der Waals surface area contributed by atoms with E-state index < -0.39 is 0 Å². The summed E-state index contributed by atoms with van der Waals surface area (Å²) in [5.74, 6) is -0.134. The third kappa shape index (κ3) is 2.71. The number of fused-ring (bicyclic) bond motifs is 1. The summed E-state index contributed by atoms with van der Waals surface area (Å²) >= 11 is 0. The minimum atomic E-state index is -0.134. The molecule has 1 unspecified atom stereocenters. The van der Waals surface area contributed by atoms with Gasteiger partial charge < -0.3 is 14.8 Å². The number of hydrogen-bond acceptors (Lipinski definition) is 3. The fourth-order valence-corrected chi connectivity index (χ4v) is 1.92. The zero-order valence-electron chi connectivity index (χ0n) is 10.3. The van der Waals surface area contributed by atoms with Crippen LogP contribution in [0.2, 0.25) is 0 Å². The number of carbonyl (C=O) groups is 1. The molecule has 2 rings (SSSR count).